The highest BCUT2D eigenvalue weighted by atomic mass is 32.1. The van der Waals surface area contributed by atoms with Gasteiger partial charge in [-0.3, -0.25) is 14.2 Å². The van der Waals surface area contributed by atoms with Crippen LogP contribution in [0, 0.1) is 0 Å². The molecule has 1 saturated heterocycles. The summed E-state index contributed by atoms with van der Waals surface area (Å²) >= 11 is 1.22. The molecule has 0 radical (unpaired) electrons. The van der Waals surface area contributed by atoms with Gasteiger partial charge in [0.15, 0.2) is 34.4 Å². The smallest absolute Gasteiger partial charge is 0.338 e. The zero-order valence-corrected chi connectivity index (χ0v) is 24.9. The number of hydrogen-bond acceptors (Lipinski definition) is 10. The van der Waals surface area contributed by atoms with Crippen molar-refractivity contribution >= 4 is 29.3 Å². The maximum absolute atomic E-state index is 13.9. The lowest BCUT2D eigenvalue weighted by atomic mass is 9.95. The molecule has 3 aliphatic rings. The van der Waals surface area contributed by atoms with E-state index in [1.54, 1.807) is 55.2 Å². The van der Waals surface area contributed by atoms with Crippen LogP contribution in [0.5, 0.6) is 23.0 Å². The van der Waals surface area contributed by atoms with E-state index in [-0.39, 0.29) is 37.0 Å². The third kappa shape index (κ3) is 5.50. The molecule has 0 unspecified atom stereocenters. The minimum atomic E-state index is -0.773. The van der Waals surface area contributed by atoms with E-state index in [0.717, 1.165) is 25.9 Å². The molecule has 12 heteroatoms. The van der Waals surface area contributed by atoms with Crippen LogP contribution in [0.15, 0.2) is 57.5 Å². The average Bonchev–Trinajstić information content (AvgIpc) is 3.77. The number of likely N-dealkylation sites (tertiary alicyclic amines) is 1. The van der Waals surface area contributed by atoms with E-state index in [4.69, 9.17) is 23.7 Å². The van der Waals surface area contributed by atoms with E-state index < -0.39 is 12.0 Å². The van der Waals surface area contributed by atoms with Gasteiger partial charge in [-0.1, -0.05) is 23.5 Å². The standard InChI is InChI=1S/C31H31N3O8S/c1-4-39-30(37)27-18(2)32-31-34(28(27)20-8-10-22-24(15-20)42-17-41-22)29(36)25(43-31)14-19-7-9-21(23(13-19)38-3)40-16-26(35)33-11-5-6-12-33/h7-10,13-15,28H,4-6,11-12,16-17H2,1-3H3/b25-14+/t28-/m0/s1. The maximum Gasteiger partial charge on any atom is 0.338 e. The molecule has 1 fully saturated rings. The Morgan fingerprint density at radius 2 is 1.88 bits per heavy atom. The summed E-state index contributed by atoms with van der Waals surface area (Å²) in [6.45, 7) is 5.19. The Labute approximate surface area is 251 Å². The van der Waals surface area contributed by atoms with Gasteiger partial charge < -0.3 is 28.6 Å². The number of carbonyl (C=O) groups excluding carboxylic acids is 2. The van der Waals surface area contributed by atoms with E-state index in [2.05, 4.69) is 4.99 Å². The number of fused-ring (bicyclic) bond motifs is 2. The van der Waals surface area contributed by atoms with Crippen LogP contribution in [0.4, 0.5) is 0 Å². The summed E-state index contributed by atoms with van der Waals surface area (Å²) < 4.78 is 29.7. The van der Waals surface area contributed by atoms with E-state index in [1.165, 1.54) is 23.0 Å². The van der Waals surface area contributed by atoms with Crippen LogP contribution in [0.3, 0.4) is 0 Å². The van der Waals surface area contributed by atoms with Gasteiger partial charge in [0.2, 0.25) is 6.79 Å². The summed E-state index contributed by atoms with van der Waals surface area (Å²) in [6, 6.07) is 9.84. The molecule has 3 aliphatic heterocycles. The number of allylic oxidation sites excluding steroid dienone is 1. The van der Waals surface area contributed by atoms with Crippen molar-refractivity contribution in [1.82, 2.24) is 9.47 Å². The Kier molecular flexibility index (Phi) is 7.94. The number of thiazole rings is 1. The zero-order chi connectivity index (χ0) is 30.1. The van der Waals surface area contributed by atoms with Crippen LogP contribution in [-0.2, 0) is 14.3 Å². The Bertz CT molecular complexity index is 1800. The fourth-order valence-corrected chi connectivity index (χ4v) is 6.48. The number of methoxy groups -OCH3 is 1. The first-order valence-corrected chi connectivity index (χ1v) is 14.9. The normalized spacial score (nSPS) is 17.5. The number of hydrogen-bond donors (Lipinski definition) is 0. The largest absolute Gasteiger partial charge is 0.493 e. The Morgan fingerprint density at radius 1 is 1.09 bits per heavy atom. The summed E-state index contributed by atoms with van der Waals surface area (Å²) in [5.41, 5.74) is 1.81. The second-order valence-electron chi connectivity index (χ2n) is 10.2. The molecule has 224 valence electrons. The van der Waals surface area contributed by atoms with Crippen molar-refractivity contribution in [3.63, 3.8) is 0 Å². The maximum atomic E-state index is 13.9. The molecule has 1 atom stereocenters. The first-order valence-electron chi connectivity index (χ1n) is 14.1. The number of esters is 1. The lowest BCUT2D eigenvalue weighted by Gasteiger charge is -2.24. The van der Waals surface area contributed by atoms with Crippen molar-refractivity contribution < 1.29 is 33.3 Å². The summed E-state index contributed by atoms with van der Waals surface area (Å²) in [7, 11) is 1.52. The summed E-state index contributed by atoms with van der Waals surface area (Å²) in [5, 5.41) is 0. The first-order chi connectivity index (χ1) is 20.9. The highest BCUT2D eigenvalue weighted by Gasteiger charge is 2.34. The first kappa shape index (κ1) is 28.5. The number of ether oxygens (including phenoxy) is 5. The highest BCUT2D eigenvalue weighted by Crippen LogP contribution is 2.38. The molecule has 0 spiro atoms. The van der Waals surface area contributed by atoms with Crippen LogP contribution >= 0.6 is 11.3 Å². The van der Waals surface area contributed by atoms with Gasteiger partial charge in [-0.2, -0.15) is 0 Å². The van der Waals surface area contributed by atoms with Crippen LogP contribution in [0.25, 0.3) is 6.08 Å². The number of benzene rings is 2. The van der Waals surface area contributed by atoms with Gasteiger partial charge in [-0.15, -0.1) is 0 Å². The van der Waals surface area contributed by atoms with E-state index in [1.807, 2.05) is 6.07 Å². The van der Waals surface area contributed by atoms with Gasteiger partial charge in [0.05, 0.1) is 35.6 Å². The topological polar surface area (TPSA) is 118 Å². The molecule has 0 bridgehead atoms. The SMILES string of the molecule is CCOC(=O)C1=C(C)N=c2s/c(=C/c3ccc(OCC(=O)N4CCCC4)c(OC)c3)c(=O)n2[C@H]1c1ccc2c(c1)OCO2. The molecule has 0 N–H and O–H groups in total. The predicted molar refractivity (Wildman–Crippen MR) is 157 cm³/mol. The molecule has 0 aliphatic carbocycles. The van der Waals surface area contributed by atoms with E-state index in [9.17, 15) is 14.4 Å². The lowest BCUT2D eigenvalue weighted by molar-refractivity contribution is -0.139. The summed E-state index contributed by atoms with van der Waals surface area (Å²) in [6.07, 6.45) is 3.76. The van der Waals surface area contributed by atoms with Crippen molar-refractivity contribution in [2.75, 3.05) is 40.2 Å². The quantitative estimate of drug-likeness (QED) is 0.360. The van der Waals surface area contributed by atoms with Crippen LogP contribution in [0.1, 0.15) is 43.9 Å². The van der Waals surface area contributed by atoms with Crippen molar-refractivity contribution in [2.45, 2.75) is 32.7 Å². The molecule has 3 aromatic rings. The molecular weight excluding hydrogens is 574 g/mol. The number of carbonyl (C=O) groups is 2. The van der Waals surface area contributed by atoms with Crippen LogP contribution in [0.2, 0.25) is 0 Å². The van der Waals surface area contributed by atoms with Gasteiger partial charge in [0.25, 0.3) is 11.5 Å². The Morgan fingerprint density at radius 3 is 2.65 bits per heavy atom. The van der Waals surface area contributed by atoms with Gasteiger partial charge in [0, 0.05) is 13.1 Å². The summed E-state index contributed by atoms with van der Waals surface area (Å²) in [4.78, 5) is 46.4. The Hall–Kier alpha value is -4.58. The monoisotopic (exact) mass is 605 g/mol. The second kappa shape index (κ2) is 12.0. The number of nitrogens with zero attached hydrogens (tertiary/aromatic N) is 3. The van der Waals surface area contributed by atoms with Crippen molar-refractivity contribution in [1.29, 1.82) is 0 Å². The number of aromatic nitrogens is 1. The predicted octanol–water partition coefficient (Wildman–Crippen LogP) is 2.54. The van der Waals surface area contributed by atoms with E-state index >= 15 is 0 Å². The number of rotatable bonds is 8. The molecule has 2 aromatic carbocycles. The minimum absolute atomic E-state index is 0.0563. The molecular formula is C31H31N3O8S. The highest BCUT2D eigenvalue weighted by molar-refractivity contribution is 7.07. The van der Waals surface area contributed by atoms with Gasteiger partial charge in [-0.25, -0.2) is 9.79 Å². The second-order valence-corrected chi connectivity index (χ2v) is 11.2. The fraction of sp³-hybridized carbons (Fsp3) is 0.355. The third-order valence-corrected chi connectivity index (χ3v) is 8.51. The molecule has 43 heavy (non-hydrogen) atoms. The fourth-order valence-electron chi connectivity index (χ4n) is 5.43. The molecule has 1 aromatic heterocycles. The van der Waals surface area contributed by atoms with Gasteiger partial charge >= 0.3 is 5.97 Å². The van der Waals surface area contributed by atoms with Crippen LogP contribution < -0.4 is 33.8 Å². The average molecular weight is 606 g/mol. The lowest BCUT2D eigenvalue weighted by Crippen LogP contribution is -2.39. The van der Waals surface area contributed by atoms with Crippen molar-refractivity contribution in [3.8, 4) is 23.0 Å². The number of amides is 1. The molecule has 11 nitrogen and oxygen atoms in total. The Balaban J connectivity index is 1.36. The van der Waals surface area contributed by atoms with Gasteiger partial charge in [0.1, 0.15) is 0 Å². The molecule has 4 heterocycles. The van der Waals surface area contributed by atoms with Crippen LogP contribution in [-0.4, -0.2) is 61.5 Å². The van der Waals surface area contributed by atoms with Gasteiger partial charge in [-0.05, 0) is 68.2 Å². The molecule has 1 amide bonds. The van der Waals surface area contributed by atoms with E-state index in [0.29, 0.717) is 49.2 Å². The molecule has 6 rings (SSSR count). The van der Waals surface area contributed by atoms with Crippen molar-refractivity contribution in [3.05, 3.63) is 78.5 Å². The third-order valence-electron chi connectivity index (χ3n) is 7.52. The van der Waals surface area contributed by atoms with Crippen molar-refractivity contribution in [2.24, 2.45) is 4.99 Å². The zero-order valence-electron chi connectivity index (χ0n) is 24.1. The minimum Gasteiger partial charge on any atom is -0.493 e. The molecule has 0 saturated carbocycles. The summed E-state index contributed by atoms with van der Waals surface area (Å²) in [5.74, 6) is 1.41.